The van der Waals surface area contributed by atoms with E-state index in [0.29, 0.717) is 5.69 Å². The van der Waals surface area contributed by atoms with Crippen LogP contribution in [-0.2, 0) is 15.6 Å². The Morgan fingerprint density at radius 2 is 1.87 bits per heavy atom. The lowest BCUT2D eigenvalue weighted by atomic mass is 10.2. The van der Waals surface area contributed by atoms with E-state index in [0.717, 1.165) is 5.56 Å². The van der Waals surface area contributed by atoms with E-state index in [1.165, 1.54) is 0 Å². The van der Waals surface area contributed by atoms with Crippen LogP contribution in [0.1, 0.15) is 26.3 Å². The quantitative estimate of drug-likeness (QED) is 0.786. The van der Waals surface area contributed by atoms with Gasteiger partial charge in [-0.15, -0.1) is 0 Å². The summed E-state index contributed by atoms with van der Waals surface area (Å²) in [4.78, 5) is 0. The third-order valence-corrected chi connectivity index (χ3v) is 4.82. The predicted molar refractivity (Wildman–Crippen MR) is 63.2 cm³/mol. The highest BCUT2D eigenvalue weighted by Crippen LogP contribution is 2.21. The first-order chi connectivity index (χ1) is 6.72. The fourth-order valence-electron chi connectivity index (χ4n) is 1.12. The highest BCUT2D eigenvalue weighted by Gasteiger charge is 2.28. The maximum Gasteiger partial charge on any atom is 0.159 e. The van der Waals surface area contributed by atoms with Gasteiger partial charge in [0.1, 0.15) is 0 Å². The van der Waals surface area contributed by atoms with Gasteiger partial charge in [-0.3, -0.25) is 0 Å². The Hall–Kier alpha value is -1.03. The smallest absolute Gasteiger partial charge is 0.159 e. The largest absolute Gasteiger partial charge is 0.399 e. The van der Waals surface area contributed by atoms with E-state index < -0.39 is 14.6 Å². The summed E-state index contributed by atoms with van der Waals surface area (Å²) in [5.41, 5.74) is 6.93. The predicted octanol–water partition coefficient (Wildman–Crippen LogP) is 1.98. The zero-order valence-corrected chi connectivity index (χ0v) is 10.1. The van der Waals surface area contributed by atoms with E-state index in [1.54, 1.807) is 45.0 Å². The van der Waals surface area contributed by atoms with Crippen molar-refractivity contribution < 1.29 is 8.42 Å². The van der Waals surface area contributed by atoms with Crippen LogP contribution in [-0.4, -0.2) is 13.2 Å². The van der Waals surface area contributed by atoms with Gasteiger partial charge in [-0.2, -0.15) is 0 Å². The standard InChI is InChI=1S/C11H17NO2S/c1-11(2,3)15(13,14)8-9-5-4-6-10(12)7-9/h4-7H,8,12H2,1-3H3. The Kier molecular flexibility index (Phi) is 3.09. The van der Waals surface area contributed by atoms with Crippen molar-refractivity contribution in [3.8, 4) is 0 Å². The number of hydrogen-bond acceptors (Lipinski definition) is 3. The van der Waals surface area contributed by atoms with Crippen molar-refractivity contribution in [2.75, 3.05) is 5.73 Å². The highest BCUT2D eigenvalue weighted by atomic mass is 32.2. The van der Waals surface area contributed by atoms with Crippen molar-refractivity contribution in [3.05, 3.63) is 29.8 Å². The molecule has 0 aliphatic carbocycles. The zero-order valence-electron chi connectivity index (χ0n) is 9.32. The lowest BCUT2D eigenvalue weighted by molar-refractivity contribution is 0.559. The van der Waals surface area contributed by atoms with Gasteiger partial charge >= 0.3 is 0 Å². The SMILES string of the molecule is CC(C)(C)S(=O)(=O)Cc1cccc(N)c1. The fraction of sp³-hybridized carbons (Fsp3) is 0.455. The van der Waals surface area contributed by atoms with Crippen LogP contribution in [0.5, 0.6) is 0 Å². The van der Waals surface area contributed by atoms with E-state index in [-0.39, 0.29) is 5.75 Å². The molecule has 0 radical (unpaired) electrons. The van der Waals surface area contributed by atoms with E-state index in [2.05, 4.69) is 0 Å². The monoisotopic (exact) mass is 227 g/mol. The molecule has 0 bridgehead atoms. The van der Waals surface area contributed by atoms with Gasteiger partial charge < -0.3 is 5.73 Å². The Balaban J connectivity index is 2.98. The third kappa shape index (κ3) is 2.96. The number of rotatable bonds is 2. The number of benzene rings is 1. The lowest BCUT2D eigenvalue weighted by Gasteiger charge is -2.19. The molecule has 4 heteroatoms. The molecular weight excluding hydrogens is 210 g/mol. The topological polar surface area (TPSA) is 60.2 Å². The molecule has 0 fully saturated rings. The summed E-state index contributed by atoms with van der Waals surface area (Å²) in [5.74, 6) is 0.0432. The van der Waals surface area contributed by atoms with Gasteiger partial charge in [-0.05, 0) is 38.5 Å². The highest BCUT2D eigenvalue weighted by molar-refractivity contribution is 7.91. The molecule has 1 rings (SSSR count). The average Bonchev–Trinajstić information content (AvgIpc) is 2.00. The maximum absolute atomic E-state index is 11.9. The second-order valence-corrected chi connectivity index (χ2v) is 7.36. The third-order valence-electron chi connectivity index (χ3n) is 2.24. The molecule has 0 saturated heterocycles. The van der Waals surface area contributed by atoms with Crippen molar-refractivity contribution in [3.63, 3.8) is 0 Å². The Morgan fingerprint density at radius 3 is 2.33 bits per heavy atom. The van der Waals surface area contributed by atoms with Gasteiger partial charge in [0, 0.05) is 5.69 Å². The maximum atomic E-state index is 11.9. The van der Waals surface area contributed by atoms with Crippen LogP contribution in [0.25, 0.3) is 0 Å². The summed E-state index contributed by atoms with van der Waals surface area (Å²) in [7, 11) is -3.12. The van der Waals surface area contributed by atoms with Crippen molar-refractivity contribution in [2.24, 2.45) is 0 Å². The fourth-order valence-corrected chi connectivity index (χ4v) is 2.17. The molecule has 0 aliphatic heterocycles. The van der Waals surface area contributed by atoms with Crippen molar-refractivity contribution >= 4 is 15.5 Å². The van der Waals surface area contributed by atoms with Gasteiger partial charge in [-0.25, -0.2) is 8.42 Å². The molecule has 0 saturated carbocycles. The lowest BCUT2D eigenvalue weighted by Crippen LogP contribution is -2.29. The molecule has 0 amide bonds. The zero-order chi connectivity index (χ0) is 11.7. The number of nitrogens with two attached hydrogens (primary N) is 1. The van der Waals surface area contributed by atoms with E-state index in [9.17, 15) is 8.42 Å². The van der Waals surface area contributed by atoms with E-state index >= 15 is 0 Å². The Morgan fingerprint density at radius 1 is 1.27 bits per heavy atom. The molecule has 84 valence electrons. The van der Waals surface area contributed by atoms with Gasteiger partial charge in [0.2, 0.25) is 0 Å². The average molecular weight is 227 g/mol. The van der Waals surface area contributed by atoms with Crippen molar-refractivity contribution in [2.45, 2.75) is 31.3 Å². The minimum Gasteiger partial charge on any atom is -0.399 e. The second-order valence-electron chi connectivity index (χ2n) is 4.62. The molecule has 0 aromatic heterocycles. The van der Waals surface area contributed by atoms with Crippen LogP contribution in [0.2, 0.25) is 0 Å². The molecule has 2 N–H and O–H groups in total. The molecule has 0 aliphatic rings. The van der Waals surface area contributed by atoms with Crippen molar-refractivity contribution in [1.82, 2.24) is 0 Å². The summed E-state index contributed by atoms with van der Waals surface area (Å²) in [6, 6.07) is 6.99. The van der Waals surface area contributed by atoms with E-state index in [4.69, 9.17) is 5.73 Å². The molecule has 3 nitrogen and oxygen atoms in total. The summed E-state index contributed by atoms with van der Waals surface area (Å²) in [5, 5.41) is 0. The van der Waals surface area contributed by atoms with Crippen LogP contribution >= 0.6 is 0 Å². The molecule has 0 unspecified atom stereocenters. The summed E-state index contributed by atoms with van der Waals surface area (Å²) in [6.07, 6.45) is 0. The normalized spacial score (nSPS) is 12.7. The first-order valence-electron chi connectivity index (χ1n) is 4.79. The summed E-state index contributed by atoms with van der Waals surface area (Å²) >= 11 is 0. The van der Waals surface area contributed by atoms with Gasteiger partial charge in [0.25, 0.3) is 0 Å². The van der Waals surface area contributed by atoms with Crippen LogP contribution in [0.3, 0.4) is 0 Å². The number of hydrogen-bond donors (Lipinski definition) is 1. The first kappa shape index (κ1) is 12.0. The molecule has 0 spiro atoms. The van der Waals surface area contributed by atoms with Gasteiger partial charge in [-0.1, -0.05) is 12.1 Å². The number of nitrogen functional groups attached to an aromatic ring is 1. The van der Waals surface area contributed by atoms with Gasteiger partial charge in [0.15, 0.2) is 9.84 Å². The van der Waals surface area contributed by atoms with Crippen LogP contribution < -0.4 is 5.73 Å². The molecule has 0 atom stereocenters. The van der Waals surface area contributed by atoms with E-state index in [1.807, 2.05) is 0 Å². The molecular formula is C11H17NO2S. The van der Waals surface area contributed by atoms with Crippen LogP contribution in [0.15, 0.2) is 24.3 Å². The molecule has 1 aromatic carbocycles. The minimum atomic E-state index is -3.12. The molecule has 0 heterocycles. The first-order valence-corrected chi connectivity index (χ1v) is 6.44. The van der Waals surface area contributed by atoms with Crippen LogP contribution in [0, 0.1) is 0 Å². The van der Waals surface area contributed by atoms with Crippen LogP contribution in [0.4, 0.5) is 5.69 Å². The second kappa shape index (κ2) is 3.85. The summed E-state index contributed by atoms with van der Waals surface area (Å²) < 4.78 is 23.1. The summed E-state index contributed by atoms with van der Waals surface area (Å²) in [6.45, 7) is 5.11. The van der Waals surface area contributed by atoms with Gasteiger partial charge in [0.05, 0.1) is 10.5 Å². The minimum absolute atomic E-state index is 0.0432. The number of sulfone groups is 1. The Bertz CT molecular complexity index is 444. The molecule has 1 aromatic rings. The Labute approximate surface area is 91.2 Å². The molecule has 15 heavy (non-hydrogen) atoms. The number of anilines is 1. The van der Waals surface area contributed by atoms with Crippen molar-refractivity contribution in [1.29, 1.82) is 0 Å².